The fourth-order valence-electron chi connectivity index (χ4n) is 4.16. The third kappa shape index (κ3) is 4.17. The third-order valence-electron chi connectivity index (χ3n) is 5.91. The summed E-state index contributed by atoms with van der Waals surface area (Å²) in [6.07, 6.45) is 5.19. The Morgan fingerprint density at radius 2 is 2.03 bits per heavy atom. The summed E-state index contributed by atoms with van der Waals surface area (Å²) >= 11 is 0. The van der Waals surface area contributed by atoms with Gasteiger partial charge in [0, 0.05) is 37.9 Å². The summed E-state index contributed by atoms with van der Waals surface area (Å²) in [7, 11) is 2.05. The Labute approximate surface area is 170 Å². The van der Waals surface area contributed by atoms with Gasteiger partial charge in [0.15, 0.2) is 5.82 Å². The van der Waals surface area contributed by atoms with E-state index in [4.69, 9.17) is 0 Å². The fourth-order valence-corrected chi connectivity index (χ4v) is 4.16. The molecule has 1 atom stereocenters. The molecular weight excluding hydrogens is 366 g/mol. The van der Waals surface area contributed by atoms with Gasteiger partial charge in [0.25, 0.3) is 5.56 Å². The minimum atomic E-state index is -0.0373. The van der Waals surface area contributed by atoms with Gasteiger partial charge in [0.2, 0.25) is 0 Å². The van der Waals surface area contributed by atoms with Crippen molar-refractivity contribution in [3.8, 4) is 0 Å². The highest BCUT2D eigenvalue weighted by Crippen LogP contribution is 2.23. The maximum atomic E-state index is 12.0. The van der Waals surface area contributed by atoms with Gasteiger partial charge < -0.3 is 9.88 Å². The molecule has 1 unspecified atom stereocenters. The summed E-state index contributed by atoms with van der Waals surface area (Å²) in [5, 5.41) is 7.93. The predicted molar refractivity (Wildman–Crippen MR) is 114 cm³/mol. The van der Waals surface area contributed by atoms with Gasteiger partial charge in [-0.15, -0.1) is 0 Å². The number of anilines is 1. The van der Waals surface area contributed by atoms with Crippen molar-refractivity contribution in [2.75, 3.05) is 25.0 Å². The van der Waals surface area contributed by atoms with Gasteiger partial charge in [-0.05, 0) is 45.4 Å². The van der Waals surface area contributed by atoms with Crippen LogP contribution in [-0.2, 0) is 13.6 Å². The van der Waals surface area contributed by atoms with Crippen LogP contribution >= 0.6 is 0 Å². The molecule has 0 aromatic carbocycles. The van der Waals surface area contributed by atoms with Crippen molar-refractivity contribution in [3.05, 3.63) is 46.3 Å². The molecule has 3 aromatic rings. The summed E-state index contributed by atoms with van der Waals surface area (Å²) < 4.78 is 3.71. The van der Waals surface area contributed by atoms with Crippen molar-refractivity contribution in [2.45, 2.75) is 45.7 Å². The zero-order valence-electron chi connectivity index (χ0n) is 17.4. The number of aryl methyl sites for hydroxylation is 3. The van der Waals surface area contributed by atoms with E-state index in [1.165, 1.54) is 18.5 Å². The van der Waals surface area contributed by atoms with Crippen LogP contribution in [0.15, 0.2) is 29.3 Å². The molecular formula is C21H29N7O. The molecule has 29 heavy (non-hydrogen) atoms. The maximum Gasteiger partial charge on any atom is 0.266 e. The van der Waals surface area contributed by atoms with Crippen LogP contribution in [0, 0.1) is 13.8 Å². The molecule has 0 spiro atoms. The van der Waals surface area contributed by atoms with Crippen LogP contribution in [0.5, 0.6) is 0 Å². The van der Waals surface area contributed by atoms with Gasteiger partial charge in [0.1, 0.15) is 11.8 Å². The Balaban J connectivity index is 1.45. The third-order valence-corrected chi connectivity index (χ3v) is 5.91. The van der Waals surface area contributed by atoms with E-state index in [9.17, 15) is 4.79 Å². The number of aromatic nitrogens is 5. The highest BCUT2D eigenvalue weighted by atomic mass is 16.1. The summed E-state index contributed by atoms with van der Waals surface area (Å²) in [4.78, 5) is 23.4. The molecule has 1 N–H and O–H groups in total. The Kier molecular flexibility index (Phi) is 5.62. The minimum absolute atomic E-state index is 0.0373. The quantitative estimate of drug-likeness (QED) is 0.689. The van der Waals surface area contributed by atoms with E-state index in [1.807, 2.05) is 14.0 Å². The molecule has 8 heteroatoms. The van der Waals surface area contributed by atoms with E-state index < -0.39 is 0 Å². The SMILES string of the molecule is Cc1ccc(=O)n(CCN2CCCCC2CNc2ncnc3cc(C)n(C)c23)n1. The topological polar surface area (TPSA) is 80.9 Å². The van der Waals surface area contributed by atoms with Crippen LogP contribution in [0.1, 0.15) is 30.7 Å². The number of nitrogens with zero attached hydrogens (tertiary/aromatic N) is 6. The van der Waals surface area contributed by atoms with Crippen LogP contribution < -0.4 is 10.9 Å². The second-order valence-electron chi connectivity index (χ2n) is 7.90. The predicted octanol–water partition coefficient (Wildman–Crippen LogP) is 2.11. The molecule has 1 aliphatic heterocycles. The van der Waals surface area contributed by atoms with Crippen molar-refractivity contribution in [1.29, 1.82) is 0 Å². The molecule has 0 radical (unpaired) electrons. The Morgan fingerprint density at radius 3 is 2.90 bits per heavy atom. The Hall–Kier alpha value is -2.74. The second-order valence-corrected chi connectivity index (χ2v) is 7.90. The first-order valence-corrected chi connectivity index (χ1v) is 10.3. The first kappa shape index (κ1) is 19.6. The van der Waals surface area contributed by atoms with Crippen LogP contribution in [0.25, 0.3) is 11.0 Å². The Morgan fingerprint density at radius 1 is 1.17 bits per heavy atom. The van der Waals surface area contributed by atoms with Gasteiger partial charge in [0.05, 0.1) is 17.8 Å². The molecule has 154 valence electrons. The van der Waals surface area contributed by atoms with Gasteiger partial charge >= 0.3 is 0 Å². The largest absolute Gasteiger partial charge is 0.367 e. The Bertz CT molecular complexity index is 1050. The lowest BCUT2D eigenvalue weighted by Gasteiger charge is -2.36. The molecule has 3 aromatic heterocycles. The molecule has 4 rings (SSSR count). The highest BCUT2D eigenvalue weighted by molar-refractivity contribution is 5.87. The molecule has 4 heterocycles. The van der Waals surface area contributed by atoms with Crippen LogP contribution in [-0.4, -0.2) is 54.9 Å². The van der Waals surface area contributed by atoms with Gasteiger partial charge in [-0.2, -0.15) is 5.10 Å². The van der Waals surface area contributed by atoms with Crippen molar-refractivity contribution < 1.29 is 0 Å². The van der Waals surface area contributed by atoms with Crippen LogP contribution in [0.3, 0.4) is 0 Å². The summed E-state index contributed by atoms with van der Waals surface area (Å²) in [6, 6.07) is 5.86. The van der Waals surface area contributed by atoms with Crippen molar-refractivity contribution in [3.63, 3.8) is 0 Å². The standard InChI is InChI=1S/C21H29N7O/c1-15-7-8-19(29)28(25-15)11-10-27-9-5-4-6-17(27)13-22-21-20-18(23-14-24-21)12-16(2)26(20)3/h7-8,12,14,17H,4-6,9-11,13H2,1-3H3,(H,22,23,24). The average Bonchev–Trinajstić information content (AvgIpc) is 3.02. The van der Waals surface area contributed by atoms with E-state index in [-0.39, 0.29) is 5.56 Å². The molecule has 0 amide bonds. The molecule has 1 fully saturated rings. The zero-order chi connectivity index (χ0) is 20.4. The molecule has 0 saturated carbocycles. The second kappa shape index (κ2) is 8.32. The number of rotatable bonds is 6. The van der Waals surface area contributed by atoms with Gasteiger partial charge in [-0.25, -0.2) is 14.6 Å². The van der Waals surface area contributed by atoms with Gasteiger partial charge in [-0.3, -0.25) is 9.69 Å². The smallest absolute Gasteiger partial charge is 0.266 e. The van der Waals surface area contributed by atoms with Crippen molar-refractivity contribution in [2.24, 2.45) is 7.05 Å². The molecule has 0 aliphatic carbocycles. The first-order valence-electron chi connectivity index (χ1n) is 10.3. The number of fused-ring (bicyclic) bond motifs is 1. The lowest BCUT2D eigenvalue weighted by Crippen LogP contribution is -2.45. The van der Waals surface area contributed by atoms with Crippen molar-refractivity contribution >= 4 is 16.9 Å². The van der Waals surface area contributed by atoms with Crippen LogP contribution in [0.2, 0.25) is 0 Å². The monoisotopic (exact) mass is 395 g/mol. The first-order chi connectivity index (χ1) is 14.0. The molecule has 1 saturated heterocycles. The minimum Gasteiger partial charge on any atom is -0.367 e. The normalized spacial score (nSPS) is 17.7. The lowest BCUT2D eigenvalue weighted by atomic mass is 10.0. The summed E-state index contributed by atoms with van der Waals surface area (Å²) in [5.74, 6) is 0.882. The number of hydrogen-bond donors (Lipinski definition) is 1. The van der Waals surface area contributed by atoms with E-state index >= 15 is 0 Å². The van der Waals surface area contributed by atoms with E-state index in [0.717, 1.165) is 48.6 Å². The van der Waals surface area contributed by atoms with Crippen LogP contribution in [0.4, 0.5) is 5.82 Å². The highest BCUT2D eigenvalue weighted by Gasteiger charge is 2.23. The van der Waals surface area contributed by atoms with E-state index in [2.05, 4.69) is 42.8 Å². The number of piperidine rings is 1. The molecule has 0 bridgehead atoms. The molecule has 1 aliphatic rings. The van der Waals surface area contributed by atoms with E-state index in [0.29, 0.717) is 12.6 Å². The van der Waals surface area contributed by atoms with E-state index in [1.54, 1.807) is 23.1 Å². The maximum absolute atomic E-state index is 12.0. The number of nitrogens with one attached hydrogen (secondary N) is 1. The average molecular weight is 396 g/mol. The number of hydrogen-bond acceptors (Lipinski definition) is 6. The molecule has 8 nitrogen and oxygen atoms in total. The summed E-state index contributed by atoms with van der Waals surface area (Å²) in [6.45, 7) is 7.31. The van der Waals surface area contributed by atoms with Gasteiger partial charge in [-0.1, -0.05) is 6.42 Å². The zero-order valence-corrected chi connectivity index (χ0v) is 17.4. The lowest BCUT2D eigenvalue weighted by molar-refractivity contribution is 0.148. The fraction of sp³-hybridized carbons (Fsp3) is 0.524. The summed E-state index contributed by atoms with van der Waals surface area (Å²) in [5.41, 5.74) is 4.01. The number of likely N-dealkylation sites (tertiary alicyclic amines) is 1. The van der Waals surface area contributed by atoms with Crippen molar-refractivity contribution in [1.82, 2.24) is 29.2 Å².